The summed E-state index contributed by atoms with van der Waals surface area (Å²) >= 11 is 0. The van der Waals surface area contributed by atoms with Crippen molar-refractivity contribution in [3.8, 4) is 0 Å². The van der Waals surface area contributed by atoms with Gasteiger partial charge in [-0.1, -0.05) is 72.8 Å². The zero-order valence-corrected chi connectivity index (χ0v) is 27.4. The molecule has 3 atom stereocenters. The van der Waals surface area contributed by atoms with Crippen molar-refractivity contribution in [3.05, 3.63) is 126 Å². The van der Waals surface area contributed by atoms with Gasteiger partial charge in [-0.05, 0) is 60.4 Å². The average Bonchev–Trinajstić information content (AvgIpc) is 3.44. The molecule has 3 N–H and O–H groups in total. The van der Waals surface area contributed by atoms with Crippen molar-refractivity contribution in [2.24, 2.45) is 0 Å². The maximum atomic E-state index is 13.2. The highest BCUT2D eigenvalue weighted by Gasteiger charge is 2.50. The molecule has 0 bridgehead atoms. The van der Waals surface area contributed by atoms with Crippen LogP contribution in [0.3, 0.4) is 0 Å². The number of likely N-dealkylation sites (tertiary alicyclic amines) is 1. The van der Waals surface area contributed by atoms with Gasteiger partial charge in [0.05, 0.1) is 30.4 Å². The van der Waals surface area contributed by atoms with Crippen molar-refractivity contribution < 1.29 is 27.8 Å². The van der Waals surface area contributed by atoms with Crippen LogP contribution in [-0.2, 0) is 30.9 Å². The molecule has 0 unspecified atom stereocenters. The molecule has 4 aromatic carbocycles. The van der Waals surface area contributed by atoms with Gasteiger partial charge in [0.2, 0.25) is 5.91 Å². The summed E-state index contributed by atoms with van der Waals surface area (Å²) in [6.45, 7) is 2.62. The highest BCUT2D eigenvalue weighted by atomic mass is 32.2. The first-order valence-corrected chi connectivity index (χ1v) is 17.8. The van der Waals surface area contributed by atoms with Gasteiger partial charge in [0.25, 0.3) is 10.0 Å². The molecule has 1 amide bonds. The number of anilines is 2. The SMILES string of the molecule is O=C1NCN(c2ccccc2)C12CCN(C[C@H]1C[C@@H](c3ccc(CO)cc3)O[C@@H](c3cccc(NS(=O)(=O)c4ccccc4)c3)O1)CC2. The van der Waals surface area contributed by atoms with E-state index in [0.717, 1.165) is 29.9 Å². The van der Waals surface area contributed by atoms with Crippen LogP contribution >= 0.6 is 0 Å². The third kappa shape index (κ3) is 6.69. The summed E-state index contributed by atoms with van der Waals surface area (Å²) in [6.07, 6.45) is 0.821. The Balaban J connectivity index is 1.09. The van der Waals surface area contributed by atoms with Gasteiger partial charge < -0.3 is 29.7 Å². The Morgan fingerprint density at radius 1 is 0.854 bits per heavy atom. The number of para-hydroxylation sites is 1. The molecular formula is C37H40N4O6S. The standard InChI is InChI=1S/C37H40N4O6S/c42-25-27-14-16-28(17-15-27)34-23-32(24-40-20-18-37(19-21-40)36(43)38-26-41(37)31-10-3-1-4-11-31)46-35(47-34)29-8-7-9-30(22-29)39-48(44,45)33-12-5-2-6-13-33/h1-17,22,32,34-35,39,42H,18-21,23-26H2,(H,38,43)/t32-,34+,35+/m1/s1. The first-order chi connectivity index (χ1) is 23.3. The van der Waals surface area contributed by atoms with Crippen LogP contribution in [0.15, 0.2) is 114 Å². The van der Waals surface area contributed by atoms with Gasteiger partial charge in [0, 0.05) is 43.0 Å². The first-order valence-electron chi connectivity index (χ1n) is 16.3. The summed E-state index contributed by atoms with van der Waals surface area (Å²) in [5, 5.41) is 12.7. The van der Waals surface area contributed by atoms with Crippen LogP contribution in [0.4, 0.5) is 11.4 Å². The minimum Gasteiger partial charge on any atom is -0.392 e. The second-order valence-electron chi connectivity index (χ2n) is 12.7. The maximum absolute atomic E-state index is 13.2. The second-order valence-corrected chi connectivity index (χ2v) is 14.3. The van der Waals surface area contributed by atoms with E-state index in [9.17, 15) is 18.3 Å². The number of piperidine rings is 1. The number of aliphatic hydroxyl groups is 1. The first kappa shape index (κ1) is 32.3. The Hall–Kier alpha value is -4.26. The molecule has 3 aliphatic rings. The van der Waals surface area contributed by atoms with Gasteiger partial charge in [-0.2, -0.15) is 0 Å². The van der Waals surface area contributed by atoms with Crippen molar-refractivity contribution >= 4 is 27.3 Å². The number of aliphatic hydroxyl groups excluding tert-OH is 1. The van der Waals surface area contributed by atoms with E-state index in [-0.39, 0.29) is 29.6 Å². The summed E-state index contributed by atoms with van der Waals surface area (Å²) < 4.78 is 41.9. The molecule has 3 heterocycles. The molecule has 250 valence electrons. The molecule has 11 heteroatoms. The number of benzene rings is 4. The second kappa shape index (κ2) is 13.7. The fourth-order valence-corrected chi connectivity index (χ4v) is 8.09. The zero-order chi connectivity index (χ0) is 33.1. The Labute approximate surface area is 281 Å². The van der Waals surface area contributed by atoms with E-state index in [1.54, 1.807) is 48.5 Å². The summed E-state index contributed by atoms with van der Waals surface area (Å²) in [5.74, 6) is 0.0857. The fraction of sp³-hybridized carbons (Fsp3) is 0.324. The molecule has 0 radical (unpaired) electrons. The molecule has 48 heavy (non-hydrogen) atoms. The van der Waals surface area contributed by atoms with Crippen LogP contribution in [0.5, 0.6) is 0 Å². The molecule has 7 rings (SSSR count). The smallest absolute Gasteiger partial charge is 0.261 e. The van der Waals surface area contributed by atoms with E-state index >= 15 is 0 Å². The number of amides is 1. The Kier molecular flexibility index (Phi) is 9.21. The van der Waals surface area contributed by atoms with Crippen LogP contribution in [0.1, 0.15) is 48.3 Å². The van der Waals surface area contributed by atoms with Crippen molar-refractivity contribution in [3.63, 3.8) is 0 Å². The van der Waals surface area contributed by atoms with Crippen LogP contribution in [0.25, 0.3) is 0 Å². The van der Waals surface area contributed by atoms with E-state index in [4.69, 9.17) is 9.47 Å². The van der Waals surface area contributed by atoms with Gasteiger partial charge in [0.1, 0.15) is 5.54 Å². The fourth-order valence-electron chi connectivity index (χ4n) is 7.02. The zero-order valence-electron chi connectivity index (χ0n) is 26.6. The predicted molar refractivity (Wildman–Crippen MR) is 182 cm³/mol. The van der Waals surface area contributed by atoms with E-state index < -0.39 is 21.9 Å². The molecule has 0 saturated carbocycles. The highest BCUT2D eigenvalue weighted by molar-refractivity contribution is 7.92. The summed E-state index contributed by atoms with van der Waals surface area (Å²) in [5.41, 5.74) is 3.38. The molecule has 3 fully saturated rings. The van der Waals surface area contributed by atoms with E-state index in [1.165, 1.54) is 0 Å². The average molecular weight is 669 g/mol. The van der Waals surface area contributed by atoms with Crippen LogP contribution in [0, 0.1) is 0 Å². The van der Waals surface area contributed by atoms with E-state index in [1.807, 2.05) is 48.5 Å². The largest absolute Gasteiger partial charge is 0.392 e. The van der Waals surface area contributed by atoms with Crippen molar-refractivity contribution in [1.29, 1.82) is 0 Å². The number of sulfonamides is 1. The summed E-state index contributed by atoms with van der Waals surface area (Å²) in [4.78, 5) is 18.0. The third-order valence-corrected chi connectivity index (χ3v) is 11.0. The lowest BCUT2D eigenvalue weighted by Gasteiger charge is -2.45. The highest BCUT2D eigenvalue weighted by Crippen LogP contribution is 2.40. The molecular weight excluding hydrogens is 628 g/mol. The van der Waals surface area contributed by atoms with Gasteiger partial charge in [-0.3, -0.25) is 9.52 Å². The van der Waals surface area contributed by atoms with Crippen molar-refractivity contribution in [1.82, 2.24) is 10.2 Å². The molecule has 0 aromatic heterocycles. The molecule has 0 aliphatic carbocycles. The molecule has 10 nitrogen and oxygen atoms in total. The van der Waals surface area contributed by atoms with Gasteiger partial charge in [0.15, 0.2) is 6.29 Å². The number of carbonyl (C=O) groups is 1. The lowest BCUT2D eigenvalue weighted by molar-refractivity contribution is -0.253. The number of nitrogens with one attached hydrogen (secondary N) is 2. The minimum absolute atomic E-state index is 0.0397. The Bertz CT molecular complexity index is 1820. The van der Waals surface area contributed by atoms with Gasteiger partial charge in [-0.25, -0.2) is 8.42 Å². The number of hydrogen-bond donors (Lipinski definition) is 3. The Morgan fingerprint density at radius 2 is 1.56 bits per heavy atom. The molecule has 3 aliphatic heterocycles. The van der Waals surface area contributed by atoms with E-state index in [0.29, 0.717) is 43.7 Å². The summed E-state index contributed by atoms with van der Waals surface area (Å²) in [6, 6.07) is 33.2. The number of ether oxygens (including phenoxy) is 2. The summed E-state index contributed by atoms with van der Waals surface area (Å²) in [7, 11) is -3.78. The molecule has 4 aromatic rings. The lowest BCUT2D eigenvalue weighted by Crippen LogP contribution is -2.57. The third-order valence-electron chi connectivity index (χ3n) is 9.63. The normalized spacial score (nSPS) is 22.8. The van der Waals surface area contributed by atoms with Crippen molar-refractivity contribution in [2.75, 3.05) is 35.9 Å². The number of rotatable bonds is 9. The van der Waals surface area contributed by atoms with E-state index in [2.05, 4.69) is 32.0 Å². The van der Waals surface area contributed by atoms with Crippen LogP contribution in [-0.4, -0.2) is 62.3 Å². The lowest BCUT2D eigenvalue weighted by atomic mass is 9.85. The molecule has 3 saturated heterocycles. The Morgan fingerprint density at radius 3 is 2.27 bits per heavy atom. The monoisotopic (exact) mass is 668 g/mol. The minimum atomic E-state index is -3.78. The predicted octanol–water partition coefficient (Wildman–Crippen LogP) is 4.95. The van der Waals surface area contributed by atoms with Gasteiger partial charge in [-0.15, -0.1) is 0 Å². The number of carbonyl (C=O) groups excluding carboxylic acids is 1. The van der Waals surface area contributed by atoms with Gasteiger partial charge >= 0.3 is 0 Å². The number of hydrogen-bond acceptors (Lipinski definition) is 8. The van der Waals surface area contributed by atoms with Crippen molar-refractivity contribution in [2.45, 2.75) is 54.8 Å². The molecule has 1 spiro atoms. The number of nitrogens with zero attached hydrogens (tertiary/aromatic N) is 2. The van der Waals surface area contributed by atoms with Crippen LogP contribution in [0.2, 0.25) is 0 Å². The quantitative estimate of drug-likeness (QED) is 0.229. The van der Waals surface area contributed by atoms with Crippen LogP contribution < -0.4 is 14.9 Å². The topological polar surface area (TPSA) is 120 Å². The maximum Gasteiger partial charge on any atom is 0.261 e.